The lowest BCUT2D eigenvalue weighted by Crippen LogP contribution is -2.30. The summed E-state index contributed by atoms with van der Waals surface area (Å²) in [6, 6.07) is 6.86. The summed E-state index contributed by atoms with van der Waals surface area (Å²) in [4.78, 5) is 23.8. The van der Waals surface area contributed by atoms with Crippen LogP contribution in [0.4, 0.5) is 5.69 Å². The van der Waals surface area contributed by atoms with Crippen LogP contribution in [0.5, 0.6) is 0 Å². The standard InChI is InChI=1S/C15H21N3O3.ClH/c16-7-8-17-15(20)12-3-1-2-4-13(12)18-14(19)10-21-9-11-5-6-11;/h1-4,11H,5-10,16H2,(H,17,20)(H,18,19);1H. The predicted molar refractivity (Wildman–Crippen MR) is 87.3 cm³/mol. The minimum Gasteiger partial charge on any atom is -0.371 e. The van der Waals surface area contributed by atoms with E-state index in [2.05, 4.69) is 10.6 Å². The Morgan fingerprint density at radius 1 is 1.27 bits per heavy atom. The Morgan fingerprint density at radius 2 is 2.00 bits per heavy atom. The monoisotopic (exact) mass is 327 g/mol. The zero-order chi connectivity index (χ0) is 15.1. The Balaban J connectivity index is 0.00000242. The SMILES string of the molecule is Cl.NCCNC(=O)c1ccccc1NC(=O)COCC1CC1. The molecule has 0 atom stereocenters. The maximum Gasteiger partial charge on any atom is 0.253 e. The minimum absolute atomic E-state index is 0. The first-order valence-electron chi connectivity index (χ1n) is 7.15. The third kappa shape index (κ3) is 6.01. The van der Waals surface area contributed by atoms with E-state index < -0.39 is 0 Å². The summed E-state index contributed by atoms with van der Waals surface area (Å²) in [5, 5.41) is 5.39. The van der Waals surface area contributed by atoms with Crippen LogP contribution in [0.2, 0.25) is 0 Å². The van der Waals surface area contributed by atoms with E-state index in [0.717, 1.165) is 0 Å². The van der Waals surface area contributed by atoms with Crippen LogP contribution in [0.3, 0.4) is 0 Å². The number of benzene rings is 1. The molecule has 1 saturated carbocycles. The maximum absolute atomic E-state index is 12.0. The molecule has 0 unspecified atom stereocenters. The van der Waals surface area contributed by atoms with E-state index in [0.29, 0.717) is 36.9 Å². The van der Waals surface area contributed by atoms with Gasteiger partial charge in [-0.1, -0.05) is 12.1 Å². The molecule has 0 aliphatic heterocycles. The van der Waals surface area contributed by atoms with Crippen molar-refractivity contribution in [2.75, 3.05) is 31.6 Å². The number of carbonyl (C=O) groups is 2. The quantitative estimate of drug-likeness (QED) is 0.668. The second-order valence-corrected chi connectivity index (χ2v) is 5.10. The summed E-state index contributed by atoms with van der Waals surface area (Å²) in [6.07, 6.45) is 2.37. The summed E-state index contributed by atoms with van der Waals surface area (Å²) >= 11 is 0. The van der Waals surface area contributed by atoms with Crippen molar-refractivity contribution in [3.8, 4) is 0 Å². The van der Waals surface area contributed by atoms with Crippen LogP contribution < -0.4 is 16.4 Å². The molecule has 0 bridgehead atoms. The highest BCUT2D eigenvalue weighted by molar-refractivity contribution is 6.03. The molecule has 4 N–H and O–H groups in total. The smallest absolute Gasteiger partial charge is 0.253 e. The van der Waals surface area contributed by atoms with Crippen molar-refractivity contribution >= 4 is 29.9 Å². The Hall–Kier alpha value is -1.63. The average Bonchev–Trinajstić information content (AvgIpc) is 3.29. The van der Waals surface area contributed by atoms with Crippen molar-refractivity contribution in [2.24, 2.45) is 11.7 Å². The van der Waals surface area contributed by atoms with Crippen LogP contribution >= 0.6 is 12.4 Å². The summed E-state index contributed by atoms with van der Waals surface area (Å²) in [5.41, 5.74) is 6.25. The molecular formula is C15H22ClN3O3. The van der Waals surface area contributed by atoms with Gasteiger partial charge in [0.05, 0.1) is 17.9 Å². The van der Waals surface area contributed by atoms with Crippen LogP contribution in [0, 0.1) is 5.92 Å². The zero-order valence-corrected chi connectivity index (χ0v) is 13.2. The second kappa shape index (κ2) is 9.40. The van der Waals surface area contributed by atoms with Gasteiger partial charge >= 0.3 is 0 Å². The number of hydrogen-bond donors (Lipinski definition) is 3. The van der Waals surface area contributed by atoms with E-state index in [4.69, 9.17) is 10.5 Å². The second-order valence-electron chi connectivity index (χ2n) is 5.10. The van der Waals surface area contributed by atoms with Gasteiger partial charge in [-0.3, -0.25) is 9.59 Å². The normalized spacial score (nSPS) is 13.1. The van der Waals surface area contributed by atoms with Crippen LogP contribution in [-0.4, -0.2) is 38.1 Å². The first kappa shape index (κ1) is 18.4. The molecule has 2 amide bonds. The molecule has 1 aromatic carbocycles. The first-order valence-corrected chi connectivity index (χ1v) is 7.15. The molecule has 7 heteroatoms. The van der Waals surface area contributed by atoms with Crippen molar-refractivity contribution in [3.63, 3.8) is 0 Å². The lowest BCUT2D eigenvalue weighted by molar-refractivity contribution is -0.120. The molecule has 0 spiro atoms. The largest absolute Gasteiger partial charge is 0.371 e. The number of nitrogens with one attached hydrogen (secondary N) is 2. The Bertz CT molecular complexity index is 507. The van der Waals surface area contributed by atoms with Crippen molar-refractivity contribution in [1.82, 2.24) is 5.32 Å². The molecule has 1 aromatic rings. The minimum atomic E-state index is -0.255. The van der Waals surface area contributed by atoms with E-state index in [1.165, 1.54) is 12.8 Å². The highest BCUT2D eigenvalue weighted by atomic mass is 35.5. The van der Waals surface area contributed by atoms with E-state index in [1.54, 1.807) is 24.3 Å². The van der Waals surface area contributed by atoms with E-state index in [9.17, 15) is 9.59 Å². The maximum atomic E-state index is 12.0. The van der Waals surface area contributed by atoms with Gasteiger partial charge in [0.25, 0.3) is 5.91 Å². The van der Waals surface area contributed by atoms with Crippen LogP contribution in [0.25, 0.3) is 0 Å². The molecule has 0 heterocycles. The van der Waals surface area contributed by atoms with Crippen molar-refractivity contribution < 1.29 is 14.3 Å². The number of ether oxygens (including phenoxy) is 1. The number of carbonyl (C=O) groups excluding carboxylic acids is 2. The van der Waals surface area contributed by atoms with Crippen LogP contribution in [0.1, 0.15) is 23.2 Å². The average molecular weight is 328 g/mol. The van der Waals surface area contributed by atoms with Crippen molar-refractivity contribution in [2.45, 2.75) is 12.8 Å². The topological polar surface area (TPSA) is 93.5 Å². The zero-order valence-electron chi connectivity index (χ0n) is 12.3. The molecule has 6 nitrogen and oxygen atoms in total. The summed E-state index contributed by atoms with van der Waals surface area (Å²) in [6.45, 7) is 1.40. The molecule has 0 radical (unpaired) electrons. The van der Waals surface area contributed by atoms with Gasteiger partial charge < -0.3 is 21.1 Å². The fourth-order valence-corrected chi connectivity index (χ4v) is 1.86. The number of anilines is 1. The molecule has 1 aliphatic carbocycles. The Morgan fingerprint density at radius 3 is 2.68 bits per heavy atom. The number of nitrogens with two attached hydrogens (primary N) is 1. The molecule has 22 heavy (non-hydrogen) atoms. The summed E-state index contributed by atoms with van der Waals surface area (Å²) in [5.74, 6) is 0.108. The van der Waals surface area contributed by atoms with Gasteiger partial charge in [-0.2, -0.15) is 0 Å². The van der Waals surface area contributed by atoms with Gasteiger partial charge in [0, 0.05) is 13.1 Å². The van der Waals surface area contributed by atoms with Gasteiger partial charge in [0.15, 0.2) is 0 Å². The molecule has 2 rings (SSSR count). The summed E-state index contributed by atoms with van der Waals surface area (Å²) < 4.78 is 5.33. The van der Waals surface area contributed by atoms with Crippen molar-refractivity contribution in [1.29, 1.82) is 0 Å². The van der Waals surface area contributed by atoms with Gasteiger partial charge in [-0.15, -0.1) is 12.4 Å². The number of rotatable bonds is 8. The number of halogens is 1. The van der Waals surface area contributed by atoms with Gasteiger partial charge in [-0.05, 0) is 30.9 Å². The van der Waals surface area contributed by atoms with Gasteiger partial charge in [-0.25, -0.2) is 0 Å². The predicted octanol–water partition coefficient (Wildman–Crippen LogP) is 1.16. The third-order valence-corrected chi connectivity index (χ3v) is 3.16. The Kier molecular flexibility index (Phi) is 7.87. The first-order chi connectivity index (χ1) is 10.2. The van der Waals surface area contributed by atoms with E-state index >= 15 is 0 Å². The highest BCUT2D eigenvalue weighted by Crippen LogP contribution is 2.28. The molecule has 122 valence electrons. The van der Waals surface area contributed by atoms with E-state index in [1.807, 2.05) is 0 Å². The van der Waals surface area contributed by atoms with E-state index in [-0.39, 0.29) is 30.8 Å². The lowest BCUT2D eigenvalue weighted by atomic mass is 10.1. The Labute approximate surface area is 136 Å². The molecule has 0 saturated heterocycles. The molecule has 0 aromatic heterocycles. The number of amides is 2. The molecule has 1 fully saturated rings. The lowest BCUT2D eigenvalue weighted by Gasteiger charge is -2.11. The number of para-hydroxylation sites is 1. The van der Waals surface area contributed by atoms with Crippen LogP contribution in [-0.2, 0) is 9.53 Å². The van der Waals surface area contributed by atoms with Gasteiger partial charge in [0.2, 0.25) is 5.91 Å². The summed E-state index contributed by atoms with van der Waals surface area (Å²) in [7, 11) is 0. The fraction of sp³-hybridized carbons (Fsp3) is 0.467. The van der Waals surface area contributed by atoms with Crippen molar-refractivity contribution in [3.05, 3.63) is 29.8 Å². The number of hydrogen-bond acceptors (Lipinski definition) is 4. The molecule has 1 aliphatic rings. The molecular weight excluding hydrogens is 306 g/mol. The van der Waals surface area contributed by atoms with Crippen LogP contribution in [0.15, 0.2) is 24.3 Å². The third-order valence-electron chi connectivity index (χ3n) is 3.16. The van der Waals surface area contributed by atoms with Gasteiger partial charge in [0.1, 0.15) is 6.61 Å². The highest BCUT2D eigenvalue weighted by Gasteiger charge is 2.21. The fourth-order valence-electron chi connectivity index (χ4n) is 1.86.